The predicted octanol–water partition coefficient (Wildman–Crippen LogP) is 5.22. The van der Waals surface area contributed by atoms with Crippen LogP contribution in [0.15, 0.2) is 66.0 Å². The first-order valence-corrected chi connectivity index (χ1v) is 9.95. The molecule has 3 aromatic rings. The van der Waals surface area contributed by atoms with Crippen LogP contribution in [-0.4, -0.2) is 17.6 Å². The molecule has 0 saturated carbocycles. The quantitative estimate of drug-likeness (QED) is 0.552. The van der Waals surface area contributed by atoms with E-state index in [2.05, 4.69) is 5.32 Å². The molecule has 0 saturated heterocycles. The van der Waals surface area contributed by atoms with Crippen molar-refractivity contribution in [3.8, 4) is 10.4 Å². The van der Waals surface area contributed by atoms with E-state index in [4.69, 9.17) is 0 Å². The van der Waals surface area contributed by atoms with Gasteiger partial charge in [-0.25, -0.2) is 0 Å². The number of alkyl halides is 3. The number of carbonyl (C=O) groups excluding carboxylic acids is 1. The largest absolute Gasteiger partial charge is 0.416 e. The van der Waals surface area contributed by atoms with Crippen LogP contribution in [0.5, 0.6) is 0 Å². The molecule has 29 heavy (non-hydrogen) atoms. The Hall–Kier alpha value is -2.64. The first-order chi connectivity index (χ1) is 13.8. The fourth-order valence-corrected chi connectivity index (χ4v) is 3.58. The number of amides is 1. The zero-order valence-corrected chi connectivity index (χ0v) is 16.3. The molecular weight excluding hydrogens is 399 g/mol. The van der Waals surface area contributed by atoms with E-state index >= 15 is 0 Å². The number of benzene rings is 2. The number of carbonyl (C=O) groups is 1. The van der Waals surface area contributed by atoms with Crippen LogP contribution in [0.3, 0.4) is 0 Å². The molecule has 1 atom stereocenters. The topological polar surface area (TPSA) is 49.3 Å². The SMILES string of the molecule is O=C(CCc1ccc(C(F)(F)F)cc1)NCC(O)c1ccc(-c2cccs2)cc1. The van der Waals surface area contributed by atoms with Crippen LogP contribution in [0, 0.1) is 0 Å². The molecule has 2 aromatic carbocycles. The molecule has 0 radical (unpaired) electrons. The van der Waals surface area contributed by atoms with Gasteiger partial charge < -0.3 is 10.4 Å². The maximum Gasteiger partial charge on any atom is 0.416 e. The lowest BCUT2D eigenvalue weighted by atomic mass is 10.1. The molecule has 3 nitrogen and oxygen atoms in total. The van der Waals surface area contributed by atoms with E-state index in [1.54, 1.807) is 11.3 Å². The zero-order valence-electron chi connectivity index (χ0n) is 15.4. The van der Waals surface area contributed by atoms with Gasteiger partial charge >= 0.3 is 6.18 Å². The smallest absolute Gasteiger partial charge is 0.387 e. The average Bonchev–Trinajstić information content (AvgIpc) is 3.25. The molecule has 3 rings (SSSR count). The minimum Gasteiger partial charge on any atom is -0.387 e. The molecule has 1 unspecified atom stereocenters. The van der Waals surface area contributed by atoms with E-state index < -0.39 is 17.8 Å². The average molecular weight is 419 g/mol. The molecule has 1 heterocycles. The van der Waals surface area contributed by atoms with Gasteiger partial charge in [0.15, 0.2) is 0 Å². The second-order valence-corrected chi connectivity index (χ2v) is 7.56. The molecule has 7 heteroatoms. The maximum absolute atomic E-state index is 12.6. The summed E-state index contributed by atoms with van der Waals surface area (Å²) in [5, 5.41) is 14.9. The third-order valence-electron chi connectivity index (χ3n) is 4.52. The van der Waals surface area contributed by atoms with Gasteiger partial charge in [0.05, 0.1) is 11.7 Å². The van der Waals surface area contributed by atoms with Gasteiger partial charge in [-0.15, -0.1) is 11.3 Å². The number of thiophene rings is 1. The highest BCUT2D eigenvalue weighted by Gasteiger charge is 2.29. The lowest BCUT2D eigenvalue weighted by Crippen LogP contribution is -2.28. The van der Waals surface area contributed by atoms with Crippen LogP contribution in [0.25, 0.3) is 10.4 Å². The summed E-state index contributed by atoms with van der Waals surface area (Å²) in [6, 6.07) is 16.3. The van der Waals surface area contributed by atoms with E-state index in [1.165, 1.54) is 12.1 Å². The first-order valence-electron chi connectivity index (χ1n) is 9.07. The van der Waals surface area contributed by atoms with Gasteiger partial charge in [-0.3, -0.25) is 4.79 Å². The van der Waals surface area contributed by atoms with Crippen molar-refractivity contribution in [1.82, 2.24) is 5.32 Å². The third-order valence-corrected chi connectivity index (χ3v) is 5.43. The number of nitrogens with one attached hydrogen (secondary N) is 1. The van der Waals surface area contributed by atoms with Crippen LogP contribution >= 0.6 is 11.3 Å². The molecule has 0 bridgehead atoms. The summed E-state index contributed by atoms with van der Waals surface area (Å²) in [6.45, 7) is 0.0736. The number of hydrogen-bond acceptors (Lipinski definition) is 3. The number of aliphatic hydroxyl groups is 1. The van der Waals surface area contributed by atoms with Crippen molar-refractivity contribution in [1.29, 1.82) is 0 Å². The molecule has 0 fully saturated rings. The third kappa shape index (κ3) is 5.92. The monoisotopic (exact) mass is 419 g/mol. The van der Waals surface area contributed by atoms with Crippen molar-refractivity contribution in [2.75, 3.05) is 6.54 Å². The molecule has 152 valence electrons. The first kappa shape index (κ1) is 21.1. The van der Waals surface area contributed by atoms with Gasteiger partial charge in [-0.2, -0.15) is 13.2 Å². The molecule has 1 amide bonds. The number of rotatable bonds is 7. The van der Waals surface area contributed by atoms with Gasteiger partial charge in [-0.05, 0) is 46.7 Å². The van der Waals surface area contributed by atoms with Crippen LogP contribution in [0.1, 0.15) is 29.2 Å². The maximum atomic E-state index is 12.6. The van der Waals surface area contributed by atoms with E-state index in [-0.39, 0.29) is 18.9 Å². The molecule has 0 aliphatic rings. The Morgan fingerprint density at radius 3 is 2.31 bits per heavy atom. The molecule has 1 aromatic heterocycles. The normalized spacial score (nSPS) is 12.6. The van der Waals surface area contributed by atoms with Gasteiger partial charge in [0.25, 0.3) is 0 Å². The van der Waals surface area contributed by atoms with Gasteiger partial charge in [-0.1, -0.05) is 42.5 Å². The summed E-state index contributed by atoms with van der Waals surface area (Å²) in [5.74, 6) is -0.265. The standard InChI is InChI=1S/C22H20F3NO2S/c23-22(24,25)18-10-3-15(4-11-18)5-12-21(28)26-14-19(27)16-6-8-17(9-7-16)20-2-1-13-29-20/h1-4,6-11,13,19,27H,5,12,14H2,(H,26,28). The van der Waals surface area contributed by atoms with Gasteiger partial charge in [0.2, 0.25) is 5.91 Å². The Morgan fingerprint density at radius 1 is 1.03 bits per heavy atom. The lowest BCUT2D eigenvalue weighted by molar-refractivity contribution is -0.137. The van der Waals surface area contributed by atoms with Crippen LogP contribution < -0.4 is 5.32 Å². The number of aryl methyl sites for hydroxylation is 1. The Labute approximate surface area is 170 Å². The fraction of sp³-hybridized carbons (Fsp3) is 0.227. The van der Waals surface area contributed by atoms with E-state index in [1.807, 2.05) is 41.8 Å². The number of halogens is 3. The van der Waals surface area contributed by atoms with Crippen molar-refractivity contribution in [2.45, 2.75) is 25.1 Å². The summed E-state index contributed by atoms with van der Waals surface area (Å²) in [4.78, 5) is 13.1. The van der Waals surface area contributed by atoms with Crippen LogP contribution in [0.4, 0.5) is 13.2 Å². The minimum atomic E-state index is -4.37. The summed E-state index contributed by atoms with van der Waals surface area (Å²) >= 11 is 1.63. The second-order valence-electron chi connectivity index (χ2n) is 6.61. The van der Waals surface area contributed by atoms with E-state index in [0.29, 0.717) is 17.5 Å². The highest BCUT2D eigenvalue weighted by Crippen LogP contribution is 2.29. The van der Waals surface area contributed by atoms with Gasteiger partial charge in [0, 0.05) is 17.8 Å². The van der Waals surface area contributed by atoms with Crippen molar-refractivity contribution in [3.05, 3.63) is 82.7 Å². The molecule has 0 aliphatic heterocycles. The highest BCUT2D eigenvalue weighted by atomic mass is 32.1. The molecular formula is C22H20F3NO2S. The molecule has 0 aliphatic carbocycles. The van der Waals surface area contributed by atoms with Crippen molar-refractivity contribution in [2.24, 2.45) is 0 Å². The zero-order chi connectivity index (χ0) is 20.9. The second kappa shape index (κ2) is 9.24. The van der Waals surface area contributed by atoms with Crippen LogP contribution in [0.2, 0.25) is 0 Å². The lowest BCUT2D eigenvalue weighted by Gasteiger charge is -2.13. The fourth-order valence-electron chi connectivity index (χ4n) is 2.85. The molecule has 2 N–H and O–H groups in total. The minimum absolute atomic E-state index is 0.0736. The number of hydrogen-bond donors (Lipinski definition) is 2. The van der Waals surface area contributed by atoms with Crippen molar-refractivity contribution < 1.29 is 23.1 Å². The highest BCUT2D eigenvalue weighted by molar-refractivity contribution is 7.13. The predicted molar refractivity (Wildman–Crippen MR) is 107 cm³/mol. The van der Waals surface area contributed by atoms with Crippen molar-refractivity contribution in [3.63, 3.8) is 0 Å². The van der Waals surface area contributed by atoms with Crippen LogP contribution in [-0.2, 0) is 17.4 Å². The summed E-state index contributed by atoms with van der Waals surface area (Å²) in [6.07, 6.45) is -4.73. The van der Waals surface area contributed by atoms with Crippen molar-refractivity contribution >= 4 is 17.2 Å². The Kier molecular flexibility index (Phi) is 6.71. The number of aliphatic hydroxyl groups excluding tert-OH is 1. The molecule has 0 spiro atoms. The Morgan fingerprint density at radius 2 is 1.72 bits per heavy atom. The van der Waals surface area contributed by atoms with E-state index in [9.17, 15) is 23.1 Å². The Bertz CT molecular complexity index is 920. The summed E-state index contributed by atoms with van der Waals surface area (Å²) in [5.41, 5.74) is 1.71. The summed E-state index contributed by atoms with van der Waals surface area (Å²) < 4.78 is 37.7. The Balaban J connectivity index is 1.45. The summed E-state index contributed by atoms with van der Waals surface area (Å²) in [7, 11) is 0. The van der Waals surface area contributed by atoms with E-state index in [0.717, 1.165) is 22.6 Å². The van der Waals surface area contributed by atoms with Gasteiger partial charge in [0.1, 0.15) is 0 Å².